The molecule has 1 aromatic heterocycles. The lowest BCUT2D eigenvalue weighted by Gasteiger charge is -2.22. The van der Waals surface area contributed by atoms with Gasteiger partial charge in [-0.2, -0.15) is 0 Å². The van der Waals surface area contributed by atoms with Crippen molar-refractivity contribution in [3.05, 3.63) is 53.3 Å². The number of benzene rings is 1. The van der Waals surface area contributed by atoms with E-state index >= 15 is 0 Å². The number of nitrogens with two attached hydrogens (primary N) is 1. The summed E-state index contributed by atoms with van der Waals surface area (Å²) < 4.78 is 4.56. The van der Waals surface area contributed by atoms with Crippen LogP contribution in [0.3, 0.4) is 0 Å². The predicted octanol–water partition coefficient (Wildman–Crippen LogP) is 2.03. The number of aryl methyl sites for hydroxylation is 2. The average Bonchev–Trinajstić information content (AvgIpc) is 2.47. The molecule has 0 saturated heterocycles. The highest BCUT2D eigenvalue weighted by Gasteiger charge is 2.29. The molecule has 1 heterocycles. The summed E-state index contributed by atoms with van der Waals surface area (Å²) in [6.45, 7) is 4.02. The van der Waals surface area contributed by atoms with Crippen LogP contribution >= 0.6 is 0 Å². The molecular formula is C17H20N2O3. The molecular weight excluding hydrogens is 280 g/mol. The maximum absolute atomic E-state index is 11.4. The summed E-state index contributed by atoms with van der Waals surface area (Å²) in [4.78, 5) is 15.5. The van der Waals surface area contributed by atoms with Crippen LogP contribution in [0.5, 0.6) is 0 Å². The van der Waals surface area contributed by atoms with Crippen LogP contribution in [0.25, 0.3) is 11.1 Å². The van der Waals surface area contributed by atoms with Crippen molar-refractivity contribution in [3.63, 3.8) is 0 Å². The third-order valence-electron chi connectivity index (χ3n) is 3.65. The van der Waals surface area contributed by atoms with Crippen LogP contribution in [-0.4, -0.2) is 23.2 Å². The molecule has 5 heteroatoms. The van der Waals surface area contributed by atoms with E-state index in [1.807, 2.05) is 32.0 Å². The van der Waals surface area contributed by atoms with Crippen LogP contribution < -0.4 is 5.73 Å². The first-order valence-electron chi connectivity index (χ1n) is 6.95. The Morgan fingerprint density at radius 2 is 1.95 bits per heavy atom. The van der Waals surface area contributed by atoms with Crippen LogP contribution in [0.15, 0.2) is 36.7 Å². The first-order valence-corrected chi connectivity index (χ1v) is 6.95. The van der Waals surface area contributed by atoms with E-state index in [2.05, 4.69) is 9.72 Å². The van der Waals surface area contributed by atoms with Gasteiger partial charge >= 0.3 is 5.97 Å². The van der Waals surface area contributed by atoms with Crippen molar-refractivity contribution < 1.29 is 14.6 Å². The zero-order chi connectivity index (χ0) is 16.3. The molecule has 0 spiro atoms. The molecule has 1 aromatic carbocycles. The van der Waals surface area contributed by atoms with E-state index in [0.29, 0.717) is 5.56 Å². The number of rotatable bonds is 4. The largest absolute Gasteiger partial charge is 0.469 e. The molecule has 2 rings (SSSR count). The van der Waals surface area contributed by atoms with Gasteiger partial charge in [0.25, 0.3) is 0 Å². The van der Waals surface area contributed by atoms with Crippen LogP contribution in [-0.2, 0) is 15.3 Å². The van der Waals surface area contributed by atoms with Crippen molar-refractivity contribution >= 4 is 5.97 Å². The van der Waals surface area contributed by atoms with Gasteiger partial charge in [0.15, 0.2) is 5.72 Å². The second-order valence-corrected chi connectivity index (χ2v) is 5.41. The van der Waals surface area contributed by atoms with E-state index in [-0.39, 0.29) is 6.42 Å². The molecule has 0 fully saturated rings. The average molecular weight is 300 g/mol. The second kappa shape index (κ2) is 6.25. The number of hydrogen-bond donors (Lipinski definition) is 2. The third-order valence-corrected chi connectivity index (χ3v) is 3.65. The van der Waals surface area contributed by atoms with Crippen LogP contribution in [0.2, 0.25) is 0 Å². The predicted molar refractivity (Wildman–Crippen MR) is 83.9 cm³/mol. The summed E-state index contributed by atoms with van der Waals surface area (Å²) in [5, 5.41) is 10.3. The molecule has 116 valence electrons. The lowest BCUT2D eigenvalue weighted by Crippen LogP contribution is -2.39. The van der Waals surface area contributed by atoms with Crippen molar-refractivity contribution in [3.8, 4) is 11.1 Å². The zero-order valence-corrected chi connectivity index (χ0v) is 13.0. The van der Waals surface area contributed by atoms with Crippen LogP contribution in [0.4, 0.5) is 0 Å². The molecule has 1 atom stereocenters. The van der Waals surface area contributed by atoms with Gasteiger partial charge in [0.1, 0.15) is 0 Å². The van der Waals surface area contributed by atoms with Crippen molar-refractivity contribution in [2.45, 2.75) is 26.0 Å². The minimum absolute atomic E-state index is 0.332. The van der Waals surface area contributed by atoms with Gasteiger partial charge in [-0.05, 0) is 36.6 Å². The number of nitrogens with zero attached hydrogens (tertiary/aromatic N) is 1. The molecule has 2 aromatic rings. The molecule has 0 aliphatic heterocycles. The molecule has 0 amide bonds. The first-order chi connectivity index (χ1) is 10.3. The maximum Gasteiger partial charge on any atom is 0.310 e. The number of hydrogen-bond acceptors (Lipinski definition) is 5. The number of aliphatic hydroxyl groups is 1. The van der Waals surface area contributed by atoms with Gasteiger partial charge in [-0.25, -0.2) is 0 Å². The molecule has 3 N–H and O–H groups in total. The smallest absolute Gasteiger partial charge is 0.310 e. The van der Waals surface area contributed by atoms with E-state index in [1.54, 1.807) is 12.3 Å². The lowest BCUT2D eigenvalue weighted by molar-refractivity contribution is -0.146. The van der Waals surface area contributed by atoms with Gasteiger partial charge in [-0.1, -0.05) is 18.2 Å². The van der Waals surface area contributed by atoms with Gasteiger partial charge in [0.2, 0.25) is 0 Å². The minimum atomic E-state index is -1.81. The van der Waals surface area contributed by atoms with Gasteiger partial charge in [-0.3, -0.25) is 15.5 Å². The summed E-state index contributed by atoms with van der Waals surface area (Å²) in [5.74, 6) is -0.581. The van der Waals surface area contributed by atoms with Crippen LogP contribution in [0.1, 0.15) is 23.1 Å². The number of carbonyl (C=O) groups excluding carboxylic acids is 1. The van der Waals surface area contributed by atoms with E-state index < -0.39 is 11.7 Å². The normalized spacial score (nSPS) is 13.5. The van der Waals surface area contributed by atoms with E-state index in [4.69, 9.17) is 5.73 Å². The van der Waals surface area contributed by atoms with Crippen molar-refractivity contribution in [2.75, 3.05) is 7.11 Å². The molecule has 0 bridgehead atoms. The van der Waals surface area contributed by atoms with E-state index in [1.165, 1.54) is 13.3 Å². The Bertz CT molecular complexity index is 676. The SMILES string of the molecule is COC(=O)C[C@](N)(O)c1cncc(-c2c(C)cccc2C)c1. The number of carbonyl (C=O) groups is 1. The highest BCUT2D eigenvalue weighted by molar-refractivity contribution is 5.72. The van der Waals surface area contributed by atoms with Gasteiger partial charge in [-0.15, -0.1) is 0 Å². The number of ether oxygens (including phenoxy) is 1. The molecule has 0 saturated carbocycles. The molecule has 0 radical (unpaired) electrons. The van der Waals surface area contributed by atoms with Gasteiger partial charge in [0.05, 0.1) is 13.5 Å². The quantitative estimate of drug-likeness (QED) is 0.666. The Kier molecular flexibility index (Phi) is 4.59. The number of aromatic nitrogens is 1. The fourth-order valence-corrected chi connectivity index (χ4v) is 2.48. The number of esters is 1. The summed E-state index contributed by atoms with van der Waals surface area (Å²) in [6.07, 6.45) is 2.84. The first kappa shape index (κ1) is 16.1. The summed E-state index contributed by atoms with van der Waals surface area (Å²) in [7, 11) is 1.25. The maximum atomic E-state index is 11.4. The molecule has 0 aliphatic rings. The molecule has 0 aliphatic carbocycles. The Labute approximate surface area is 129 Å². The Balaban J connectivity index is 2.45. The molecule has 22 heavy (non-hydrogen) atoms. The Morgan fingerprint density at radius 1 is 1.32 bits per heavy atom. The highest BCUT2D eigenvalue weighted by Crippen LogP contribution is 2.29. The van der Waals surface area contributed by atoms with Gasteiger partial charge in [0, 0.05) is 23.5 Å². The highest BCUT2D eigenvalue weighted by atomic mass is 16.5. The van der Waals surface area contributed by atoms with E-state index in [9.17, 15) is 9.90 Å². The molecule has 0 unspecified atom stereocenters. The van der Waals surface area contributed by atoms with Crippen molar-refractivity contribution in [2.24, 2.45) is 5.73 Å². The summed E-state index contributed by atoms with van der Waals surface area (Å²) in [6, 6.07) is 7.77. The third kappa shape index (κ3) is 3.32. The zero-order valence-electron chi connectivity index (χ0n) is 13.0. The van der Waals surface area contributed by atoms with Crippen molar-refractivity contribution in [1.29, 1.82) is 0 Å². The fraction of sp³-hybridized carbons (Fsp3) is 0.294. The van der Waals surface area contributed by atoms with Crippen molar-refractivity contribution in [1.82, 2.24) is 4.98 Å². The topological polar surface area (TPSA) is 85.4 Å². The van der Waals surface area contributed by atoms with Crippen LogP contribution in [0, 0.1) is 13.8 Å². The minimum Gasteiger partial charge on any atom is -0.469 e. The Morgan fingerprint density at radius 3 is 2.55 bits per heavy atom. The number of pyridine rings is 1. The molecule has 5 nitrogen and oxygen atoms in total. The second-order valence-electron chi connectivity index (χ2n) is 5.41. The lowest BCUT2D eigenvalue weighted by atomic mass is 9.93. The summed E-state index contributed by atoms with van der Waals surface area (Å²) >= 11 is 0. The van der Waals surface area contributed by atoms with E-state index in [0.717, 1.165) is 22.3 Å². The summed E-state index contributed by atoms with van der Waals surface area (Å²) in [5.41, 5.74) is 8.52. The number of methoxy groups -OCH3 is 1. The fourth-order valence-electron chi connectivity index (χ4n) is 2.48. The standard InChI is InChI=1S/C17H20N2O3/c1-11-5-4-6-12(2)16(11)13-7-14(10-19-9-13)17(18,21)8-15(20)22-3/h4-7,9-10,21H,8,18H2,1-3H3/t17-/m0/s1. The monoisotopic (exact) mass is 300 g/mol. The Hall–Kier alpha value is -2.24. The van der Waals surface area contributed by atoms with Gasteiger partial charge < -0.3 is 9.84 Å².